The molecular weight excluding hydrogens is 288 g/mol. The summed E-state index contributed by atoms with van der Waals surface area (Å²) in [5.41, 5.74) is 3.99. The fourth-order valence-electron chi connectivity index (χ4n) is 2.80. The number of rotatable bonds is 3. The third-order valence-electron chi connectivity index (χ3n) is 4.31. The van der Waals surface area contributed by atoms with Gasteiger partial charge in [-0.1, -0.05) is 29.8 Å². The second kappa shape index (κ2) is 5.54. The maximum atomic E-state index is 12.2. The molecule has 4 heteroatoms. The van der Waals surface area contributed by atoms with E-state index in [-0.39, 0.29) is 11.8 Å². The van der Waals surface area contributed by atoms with E-state index in [4.69, 9.17) is 0 Å². The molecule has 4 nitrogen and oxygen atoms in total. The van der Waals surface area contributed by atoms with Gasteiger partial charge in [0.2, 0.25) is 5.91 Å². The molecule has 0 unspecified atom stereocenters. The number of nitrogens with one attached hydrogen (secondary N) is 2. The number of carbonyl (C=O) groups excluding carboxylic acids is 2. The number of hydrogen-bond donors (Lipinski definition) is 2. The lowest BCUT2D eigenvalue weighted by atomic mass is 9.85. The number of hydrogen-bond acceptors (Lipinski definition) is 2. The average molecular weight is 308 g/mol. The lowest BCUT2D eigenvalue weighted by molar-refractivity contribution is -0.119. The summed E-state index contributed by atoms with van der Waals surface area (Å²) >= 11 is 0. The van der Waals surface area contributed by atoms with Crippen molar-refractivity contribution in [2.75, 3.05) is 5.32 Å². The molecule has 0 bridgehead atoms. The monoisotopic (exact) mass is 308 g/mol. The van der Waals surface area contributed by atoms with E-state index in [2.05, 4.69) is 10.6 Å². The third-order valence-corrected chi connectivity index (χ3v) is 4.31. The Bertz CT molecular complexity index is 794. The van der Waals surface area contributed by atoms with Crippen LogP contribution in [-0.2, 0) is 16.8 Å². The van der Waals surface area contributed by atoms with Crippen LogP contribution in [0.4, 0.5) is 5.69 Å². The Labute approximate surface area is 135 Å². The van der Waals surface area contributed by atoms with Crippen molar-refractivity contribution >= 4 is 17.5 Å². The molecule has 1 heterocycles. The molecule has 0 saturated carbocycles. The first kappa shape index (κ1) is 15.3. The Hall–Kier alpha value is -2.62. The predicted octanol–water partition coefficient (Wildman–Crippen LogP) is 3.15. The van der Waals surface area contributed by atoms with E-state index in [1.165, 1.54) is 0 Å². The smallest absolute Gasteiger partial charge is 0.251 e. The van der Waals surface area contributed by atoms with Crippen LogP contribution in [0.5, 0.6) is 0 Å². The average Bonchev–Trinajstić information content (AvgIpc) is 2.75. The van der Waals surface area contributed by atoms with Crippen LogP contribution in [0.15, 0.2) is 42.5 Å². The molecule has 2 aromatic rings. The summed E-state index contributed by atoms with van der Waals surface area (Å²) in [6, 6.07) is 13.3. The molecule has 0 radical (unpaired) electrons. The minimum absolute atomic E-state index is 0.00782. The summed E-state index contributed by atoms with van der Waals surface area (Å²) in [6.07, 6.45) is 0. The quantitative estimate of drug-likeness (QED) is 0.915. The van der Waals surface area contributed by atoms with Crippen LogP contribution in [0.2, 0.25) is 0 Å². The van der Waals surface area contributed by atoms with Crippen molar-refractivity contribution in [1.82, 2.24) is 5.32 Å². The van der Waals surface area contributed by atoms with Crippen molar-refractivity contribution in [1.29, 1.82) is 0 Å². The summed E-state index contributed by atoms with van der Waals surface area (Å²) in [5.74, 6) is -0.0869. The van der Waals surface area contributed by atoms with Crippen LogP contribution < -0.4 is 10.6 Å². The molecule has 2 N–H and O–H groups in total. The molecule has 0 fully saturated rings. The van der Waals surface area contributed by atoms with Gasteiger partial charge in [0.1, 0.15) is 0 Å². The summed E-state index contributed by atoms with van der Waals surface area (Å²) in [7, 11) is 0. The number of anilines is 1. The first-order valence-corrected chi connectivity index (χ1v) is 7.67. The predicted molar refractivity (Wildman–Crippen MR) is 90.4 cm³/mol. The van der Waals surface area contributed by atoms with E-state index in [1.54, 1.807) is 6.07 Å². The van der Waals surface area contributed by atoms with Crippen molar-refractivity contribution in [3.8, 4) is 0 Å². The van der Waals surface area contributed by atoms with Gasteiger partial charge in [-0.25, -0.2) is 0 Å². The van der Waals surface area contributed by atoms with Gasteiger partial charge in [0, 0.05) is 17.8 Å². The number of amides is 2. The van der Waals surface area contributed by atoms with Gasteiger partial charge in [-0.3, -0.25) is 9.59 Å². The van der Waals surface area contributed by atoms with Crippen molar-refractivity contribution in [3.63, 3.8) is 0 Å². The molecule has 0 spiro atoms. The molecule has 0 saturated heterocycles. The molecule has 3 rings (SSSR count). The fraction of sp³-hybridized carbons (Fsp3) is 0.263. The first-order chi connectivity index (χ1) is 10.9. The normalized spacial score (nSPS) is 15.0. The highest BCUT2D eigenvalue weighted by atomic mass is 16.2. The molecular formula is C19H20N2O2. The molecule has 0 aromatic heterocycles. The lowest BCUT2D eigenvalue weighted by Crippen LogP contribution is -2.27. The van der Waals surface area contributed by atoms with Gasteiger partial charge < -0.3 is 10.6 Å². The molecule has 23 heavy (non-hydrogen) atoms. The van der Waals surface area contributed by atoms with Crippen LogP contribution in [0.25, 0.3) is 0 Å². The van der Waals surface area contributed by atoms with Crippen LogP contribution in [0.3, 0.4) is 0 Å². The summed E-state index contributed by atoms with van der Waals surface area (Å²) in [6.45, 7) is 6.21. The zero-order chi connectivity index (χ0) is 16.6. The largest absolute Gasteiger partial charge is 0.348 e. The number of fused-ring (bicyclic) bond motifs is 1. The number of aryl methyl sites for hydroxylation is 1. The molecule has 2 amide bonds. The highest BCUT2D eigenvalue weighted by Crippen LogP contribution is 2.37. The van der Waals surface area contributed by atoms with Crippen molar-refractivity contribution in [3.05, 3.63) is 64.7 Å². The second-order valence-corrected chi connectivity index (χ2v) is 6.51. The maximum absolute atomic E-state index is 12.2. The SMILES string of the molecule is Cc1cccc(C(=O)NCc2ccc3c(c2)C(C)(C)C(=O)N3)c1. The molecule has 1 aliphatic rings. The van der Waals surface area contributed by atoms with Gasteiger partial charge >= 0.3 is 0 Å². The zero-order valence-corrected chi connectivity index (χ0v) is 13.6. The highest BCUT2D eigenvalue weighted by molar-refractivity contribution is 6.05. The van der Waals surface area contributed by atoms with Crippen molar-refractivity contribution in [2.24, 2.45) is 0 Å². The lowest BCUT2D eigenvalue weighted by Gasteiger charge is -2.16. The summed E-state index contributed by atoms with van der Waals surface area (Å²) in [5, 5.41) is 5.81. The second-order valence-electron chi connectivity index (χ2n) is 6.51. The van der Waals surface area contributed by atoms with E-state index >= 15 is 0 Å². The molecule has 0 aliphatic carbocycles. The number of benzene rings is 2. The standard InChI is InChI=1S/C19H20N2O2/c1-12-5-4-6-14(9-12)17(22)20-11-13-7-8-16-15(10-13)19(2,3)18(23)21-16/h4-10H,11H2,1-3H3,(H,20,22)(H,21,23). The van der Waals surface area contributed by atoms with E-state index in [0.717, 1.165) is 22.4 Å². The number of carbonyl (C=O) groups is 2. The van der Waals surface area contributed by atoms with Gasteiger partial charge in [-0.05, 0) is 50.1 Å². The van der Waals surface area contributed by atoms with Gasteiger partial charge in [0.15, 0.2) is 0 Å². The fourth-order valence-corrected chi connectivity index (χ4v) is 2.80. The van der Waals surface area contributed by atoms with E-state index in [1.807, 2.05) is 57.2 Å². The van der Waals surface area contributed by atoms with Gasteiger partial charge in [0.05, 0.1) is 5.41 Å². The molecule has 0 atom stereocenters. The third kappa shape index (κ3) is 2.84. The zero-order valence-electron chi connectivity index (χ0n) is 13.6. The van der Waals surface area contributed by atoms with Crippen LogP contribution in [0, 0.1) is 6.92 Å². The van der Waals surface area contributed by atoms with E-state index in [0.29, 0.717) is 12.1 Å². The minimum Gasteiger partial charge on any atom is -0.348 e. The minimum atomic E-state index is -0.536. The Morgan fingerprint density at radius 1 is 1.17 bits per heavy atom. The van der Waals surface area contributed by atoms with Gasteiger partial charge in [0.25, 0.3) is 5.91 Å². The van der Waals surface area contributed by atoms with Gasteiger partial charge in [-0.15, -0.1) is 0 Å². The van der Waals surface area contributed by atoms with Crippen LogP contribution >= 0.6 is 0 Å². The topological polar surface area (TPSA) is 58.2 Å². The van der Waals surface area contributed by atoms with E-state index < -0.39 is 5.41 Å². The molecule has 2 aromatic carbocycles. The Morgan fingerprint density at radius 3 is 2.70 bits per heavy atom. The Balaban J connectivity index is 1.74. The van der Waals surface area contributed by atoms with Crippen LogP contribution in [0.1, 0.15) is 40.9 Å². The molecule has 1 aliphatic heterocycles. The first-order valence-electron chi connectivity index (χ1n) is 7.67. The van der Waals surface area contributed by atoms with Crippen LogP contribution in [-0.4, -0.2) is 11.8 Å². The molecule has 118 valence electrons. The Morgan fingerprint density at radius 2 is 1.96 bits per heavy atom. The highest BCUT2D eigenvalue weighted by Gasteiger charge is 2.38. The Kier molecular flexibility index (Phi) is 3.68. The maximum Gasteiger partial charge on any atom is 0.251 e. The van der Waals surface area contributed by atoms with Crippen molar-refractivity contribution in [2.45, 2.75) is 32.7 Å². The summed E-state index contributed by atoms with van der Waals surface area (Å²) in [4.78, 5) is 24.2. The van der Waals surface area contributed by atoms with Gasteiger partial charge in [-0.2, -0.15) is 0 Å². The summed E-state index contributed by atoms with van der Waals surface area (Å²) < 4.78 is 0. The van der Waals surface area contributed by atoms with Crippen molar-refractivity contribution < 1.29 is 9.59 Å². The van der Waals surface area contributed by atoms with E-state index in [9.17, 15) is 9.59 Å².